The van der Waals surface area contributed by atoms with E-state index >= 15 is 0 Å². The molecule has 0 aliphatic carbocycles. The molecule has 0 aliphatic rings. The van der Waals surface area contributed by atoms with Gasteiger partial charge in [0.15, 0.2) is 5.65 Å². The zero-order valence-corrected chi connectivity index (χ0v) is 14.9. The van der Waals surface area contributed by atoms with E-state index in [1.807, 2.05) is 41.0 Å². The third-order valence-electron chi connectivity index (χ3n) is 4.15. The first-order valence-electron chi connectivity index (χ1n) is 8.29. The predicted octanol–water partition coefficient (Wildman–Crippen LogP) is 3.75. The van der Waals surface area contributed by atoms with Gasteiger partial charge in [-0.05, 0) is 23.8 Å². The number of thioether (sulfide) groups is 1. The van der Waals surface area contributed by atoms with Gasteiger partial charge in [0, 0.05) is 28.1 Å². The second kappa shape index (κ2) is 7.19. The van der Waals surface area contributed by atoms with Crippen LogP contribution in [0.1, 0.15) is 0 Å². The average Bonchev–Trinajstić information content (AvgIpc) is 3.08. The maximum absolute atomic E-state index is 9.06. The summed E-state index contributed by atoms with van der Waals surface area (Å²) in [5.41, 5.74) is 10.0. The van der Waals surface area contributed by atoms with Gasteiger partial charge in [-0.1, -0.05) is 36.4 Å². The van der Waals surface area contributed by atoms with Gasteiger partial charge in [-0.15, -0.1) is 11.8 Å². The zero-order valence-electron chi connectivity index (χ0n) is 14.0. The molecule has 6 heteroatoms. The van der Waals surface area contributed by atoms with Crippen LogP contribution in [0.15, 0.2) is 72.0 Å². The summed E-state index contributed by atoms with van der Waals surface area (Å²) in [6.07, 6.45) is 3.55. The van der Waals surface area contributed by atoms with Crippen molar-refractivity contribution in [2.45, 2.75) is 4.90 Å². The van der Waals surface area contributed by atoms with Gasteiger partial charge in [0.1, 0.15) is 12.1 Å². The molecule has 0 fully saturated rings. The van der Waals surface area contributed by atoms with Crippen LogP contribution in [0.2, 0.25) is 0 Å². The van der Waals surface area contributed by atoms with Gasteiger partial charge in [-0.25, -0.2) is 9.97 Å². The Kier molecular flexibility index (Phi) is 4.60. The quantitative estimate of drug-likeness (QED) is 0.529. The van der Waals surface area contributed by atoms with Gasteiger partial charge < -0.3 is 15.4 Å². The minimum atomic E-state index is 0.156. The molecule has 0 saturated carbocycles. The van der Waals surface area contributed by atoms with E-state index in [1.165, 1.54) is 6.33 Å². The highest BCUT2D eigenvalue weighted by Gasteiger charge is 2.16. The molecule has 2 heterocycles. The van der Waals surface area contributed by atoms with Crippen LogP contribution in [0.5, 0.6) is 0 Å². The van der Waals surface area contributed by atoms with Gasteiger partial charge >= 0.3 is 0 Å². The summed E-state index contributed by atoms with van der Waals surface area (Å²) < 4.78 is 2.04. The van der Waals surface area contributed by atoms with Crippen molar-refractivity contribution in [3.63, 3.8) is 0 Å². The molecule has 5 nitrogen and oxygen atoms in total. The van der Waals surface area contributed by atoms with Crippen LogP contribution in [-0.4, -0.2) is 32.0 Å². The molecule has 0 atom stereocenters. The van der Waals surface area contributed by atoms with E-state index < -0.39 is 0 Å². The van der Waals surface area contributed by atoms with Crippen molar-refractivity contribution in [1.82, 2.24) is 14.5 Å². The standard InChI is InChI=1S/C20H18N4OS/c21-19-18-17(14-5-2-1-3-6-14)12-24(20(18)23-13-22-19)15-7-4-8-16(11-15)26-10-9-25/h1-8,11-13,25H,9-10H2,(H2,21,22,23). The highest BCUT2D eigenvalue weighted by Crippen LogP contribution is 2.34. The van der Waals surface area contributed by atoms with E-state index in [4.69, 9.17) is 10.8 Å². The second-order valence-corrected chi connectivity index (χ2v) is 6.97. The molecule has 4 rings (SSSR count). The lowest BCUT2D eigenvalue weighted by molar-refractivity contribution is 0.322. The maximum atomic E-state index is 9.06. The number of benzene rings is 2. The van der Waals surface area contributed by atoms with Crippen LogP contribution in [0.4, 0.5) is 5.82 Å². The number of hydrogen-bond donors (Lipinski definition) is 2. The number of hydrogen-bond acceptors (Lipinski definition) is 5. The maximum Gasteiger partial charge on any atom is 0.150 e. The molecule has 3 N–H and O–H groups in total. The number of nitrogens with two attached hydrogens (primary N) is 1. The van der Waals surface area contributed by atoms with E-state index in [0.29, 0.717) is 11.6 Å². The molecular formula is C20H18N4OS. The van der Waals surface area contributed by atoms with Crippen molar-refractivity contribution in [1.29, 1.82) is 0 Å². The Morgan fingerprint density at radius 3 is 2.69 bits per heavy atom. The van der Waals surface area contributed by atoms with Crippen molar-refractivity contribution in [2.75, 3.05) is 18.1 Å². The summed E-state index contributed by atoms with van der Waals surface area (Å²) in [7, 11) is 0. The molecule has 26 heavy (non-hydrogen) atoms. The first-order chi connectivity index (χ1) is 12.8. The number of nitrogens with zero attached hydrogens (tertiary/aromatic N) is 3. The number of aromatic nitrogens is 3. The normalized spacial score (nSPS) is 11.1. The first kappa shape index (κ1) is 16.6. The van der Waals surface area contributed by atoms with Crippen molar-refractivity contribution < 1.29 is 5.11 Å². The van der Waals surface area contributed by atoms with E-state index in [0.717, 1.165) is 32.7 Å². The summed E-state index contributed by atoms with van der Waals surface area (Å²) in [4.78, 5) is 9.76. The number of rotatable bonds is 5. The minimum absolute atomic E-state index is 0.156. The molecule has 0 aliphatic heterocycles. The summed E-state index contributed by atoms with van der Waals surface area (Å²) in [5.74, 6) is 1.14. The number of nitrogen functional groups attached to an aromatic ring is 1. The number of anilines is 1. The molecule has 130 valence electrons. The Morgan fingerprint density at radius 2 is 1.88 bits per heavy atom. The first-order valence-corrected chi connectivity index (χ1v) is 9.27. The fourth-order valence-corrected chi connectivity index (χ4v) is 3.71. The molecule has 4 aromatic rings. The molecule has 0 unspecified atom stereocenters. The van der Waals surface area contributed by atoms with Gasteiger partial charge in [-0.3, -0.25) is 0 Å². The van der Waals surface area contributed by atoms with Gasteiger partial charge in [0.25, 0.3) is 0 Å². The molecular weight excluding hydrogens is 344 g/mol. The van der Waals surface area contributed by atoms with Crippen LogP contribution < -0.4 is 5.73 Å². The summed E-state index contributed by atoms with van der Waals surface area (Å²) in [6.45, 7) is 0.156. The second-order valence-electron chi connectivity index (χ2n) is 5.81. The van der Waals surface area contributed by atoms with E-state index in [2.05, 4.69) is 34.4 Å². The third kappa shape index (κ3) is 3.05. The number of fused-ring (bicyclic) bond motifs is 1. The fraction of sp³-hybridized carbons (Fsp3) is 0.100. The fourth-order valence-electron chi connectivity index (χ4n) is 3.01. The topological polar surface area (TPSA) is 77.0 Å². The SMILES string of the molecule is Nc1ncnc2c1c(-c1ccccc1)cn2-c1cccc(SCCO)c1. The van der Waals surface area contributed by atoms with Crippen LogP contribution in [0, 0.1) is 0 Å². The smallest absolute Gasteiger partial charge is 0.150 e. The molecule has 2 aromatic heterocycles. The predicted molar refractivity (Wildman–Crippen MR) is 107 cm³/mol. The lowest BCUT2D eigenvalue weighted by Crippen LogP contribution is -1.97. The lowest BCUT2D eigenvalue weighted by atomic mass is 10.1. The van der Waals surface area contributed by atoms with Crippen LogP contribution >= 0.6 is 11.8 Å². The molecule has 0 saturated heterocycles. The molecule has 2 aromatic carbocycles. The summed E-state index contributed by atoms with van der Waals surface area (Å²) >= 11 is 1.62. The minimum Gasteiger partial charge on any atom is -0.396 e. The number of aliphatic hydroxyl groups excluding tert-OH is 1. The molecule has 0 amide bonds. The van der Waals surface area contributed by atoms with Crippen molar-refractivity contribution in [3.05, 3.63) is 67.1 Å². The Labute approximate surface area is 155 Å². The number of aliphatic hydroxyl groups is 1. The largest absolute Gasteiger partial charge is 0.396 e. The van der Waals surface area contributed by atoms with E-state index in [9.17, 15) is 0 Å². The van der Waals surface area contributed by atoms with Crippen molar-refractivity contribution in [2.24, 2.45) is 0 Å². The average molecular weight is 362 g/mol. The van der Waals surface area contributed by atoms with E-state index in [-0.39, 0.29) is 6.61 Å². The van der Waals surface area contributed by atoms with Crippen LogP contribution in [0.25, 0.3) is 27.8 Å². The zero-order chi connectivity index (χ0) is 17.9. The van der Waals surface area contributed by atoms with Gasteiger partial charge in [0.2, 0.25) is 0 Å². The van der Waals surface area contributed by atoms with Gasteiger partial charge in [-0.2, -0.15) is 0 Å². The Hall–Kier alpha value is -2.83. The molecule has 0 radical (unpaired) electrons. The Morgan fingerprint density at radius 1 is 1.04 bits per heavy atom. The Balaban J connectivity index is 1.90. The molecule has 0 spiro atoms. The molecule has 0 bridgehead atoms. The van der Waals surface area contributed by atoms with E-state index in [1.54, 1.807) is 11.8 Å². The summed E-state index contributed by atoms with van der Waals surface area (Å²) in [6, 6.07) is 18.3. The van der Waals surface area contributed by atoms with Crippen LogP contribution in [0.3, 0.4) is 0 Å². The highest BCUT2D eigenvalue weighted by molar-refractivity contribution is 7.99. The highest BCUT2D eigenvalue weighted by atomic mass is 32.2. The lowest BCUT2D eigenvalue weighted by Gasteiger charge is -2.07. The third-order valence-corrected chi connectivity index (χ3v) is 5.13. The Bertz CT molecular complexity index is 1050. The van der Waals surface area contributed by atoms with Gasteiger partial charge in [0.05, 0.1) is 12.0 Å². The monoisotopic (exact) mass is 362 g/mol. The summed E-state index contributed by atoms with van der Waals surface area (Å²) in [5, 5.41) is 9.91. The van der Waals surface area contributed by atoms with Crippen molar-refractivity contribution >= 4 is 28.6 Å². The van der Waals surface area contributed by atoms with Crippen molar-refractivity contribution in [3.8, 4) is 16.8 Å². The van der Waals surface area contributed by atoms with Crippen LogP contribution in [-0.2, 0) is 0 Å².